The largest absolute Gasteiger partial charge is 0.504 e. The molecule has 3 N–H and O–H groups in total. The molecule has 40 heavy (non-hydrogen) atoms. The van der Waals surface area contributed by atoms with Crippen molar-refractivity contribution in [3.05, 3.63) is 59.2 Å². The number of nitrogens with zero attached hydrogens (tertiary/aromatic N) is 2. The van der Waals surface area contributed by atoms with Gasteiger partial charge in [-0.25, -0.2) is 0 Å². The molecule has 1 heterocycles. The molecule has 1 aliphatic heterocycles. The Morgan fingerprint density at radius 3 is 2.58 bits per heavy atom. The van der Waals surface area contributed by atoms with Gasteiger partial charge >= 0.3 is 6.18 Å². The van der Waals surface area contributed by atoms with Gasteiger partial charge in [-0.2, -0.15) is 13.2 Å². The maximum atomic E-state index is 13.0. The number of likely N-dealkylation sites (tertiary alicyclic amines) is 1. The van der Waals surface area contributed by atoms with E-state index in [2.05, 4.69) is 16.7 Å². The van der Waals surface area contributed by atoms with Crippen LogP contribution >= 0.6 is 0 Å². The van der Waals surface area contributed by atoms with Crippen molar-refractivity contribution >= 4 is 5.91 Å². The molecule has 5 rings (SSSR count). The van der Waals surface area contributed by atoms with Crippen molar-refractivity contribution < 1.29 is 33.3 Å². The minimum Gasteiger partial charge on any atom is -0.504 e. The smallest absolute Gasteiger partial charge is 0.416 e. The van der Waals surface area contributed by atoms with Gasteiger partial charge in [-0.05, 0) is 99.2 Å². The third-order valence-electron chi connectivity index (χ3n) is 8.95. The monoisotopic (exact) mass is 556 g/mol. The van der Waals surface area contributed by atoms with Crippen LogP contribution in [0.25, 0.3) is 0 Å². The fourth-order valence-corrected chi connectivity index (χ4v) is 6.43. The number of amides is 1. The number of carbonyl (C=O) groups is 1. The minimum atomic E-state index is -4.48. The summed E-state index contributed by atoms with van der Waals surface area (Å²) in [4.78, 5) is 16.8. The van der Waals surface area contributed by atoms with Gasteiger partial charge in [0.05, 0.1) is 11.2 Å². The predicted octanol–water partition coefficient (Wildman–Crippen LogP) is 4.55. The van der Waals surface area contributed by atoms with Crippen molar-refractivity contribution in [1.82, 2.24) is 9.80 Å². The van der Waals surface area contributed by atoms with Crippen molar-refractivity contribution in [3.63, 3.8) is 0 Å². The first-order chi connectivity index (χ1) is 18.9. The molecule has 2 aromatic carbocycles. The van der Waals surface area contributed by atoms with Crippen LogP contribution in [-0.4, -0.2) is 68.8 Å². The number of carbonyl (C=O) groups excluding carboxylic acids is 1. The molecule has 2 aromatic rings. The summed E-state index contributed by atoms with van der Waals surface area (Å²) >= 11 is 0. The topological polar surface area (TPSA) is 84.2 Å². The number of piperidine rings is 1. The molecule has 2 saturated carbocycles. The summed E-state index contributed by atoms with van der Waals surface area (Å²) in [6.07, 6.45) is 0.935. The molecule has 9 heteroatoms. The third kappa shape index (κ3) is 6.08. The molecular formula is C31H35F3N2O4. The summed E-state index contributed by atoms with van der Waals surface area (Å²) < 4.78 is 39.0. The molecular weight excluding hydrogens is 521 g/mol. The highest BCUT2D eigenvalue weighted by Gasteiger charge is 2.53. The van der Waals surface area contributed by atoms with Gasteiger partial charge in [-0.1, -0.05) is 18.1 Å². The standard InChI is InChI=1S/C31H35F3N2O4/c1-35(29(39)10-8-20-3-2-4-24(15-20)31(32,33)34)25-11-13-30(40)23(18-25)12-14-36(19-21-5-6-21)28(30)17-22-7-9-26(37)27(38)16-22/h2-4,7,9,15-16,21,23,25,28,37-38,40H,5-6,11-14,17-19H2,1H3. The first-order valence-corrected chi connectivity index (χ1v) is 13.9. The quantitative estimate of drug-likeness (QED) is 0.372. The number of hydrogen-bond donors (Lipinski definition) is 3. The Bertz CT molecular complexity index is 1320. The second-order valence-electron chi connectivity index (χ2n) is 11.6. The van der Waals surface area contributed by atoms with Crippen molar-refractivity contribution in [2.45, 2.75) is 68.8 Å². The van der Waals surface area contributed by atoms with E-state index in [1.807, 2.05) is 0 Å². The van der Waals surface area contributed by atoms with Crippen LogP contribution in [0.1, 0.15) is 55.2 Å². The van der Waals surface area contributed by atoms with E-state index in [1.165, 1.54) is 31.0 Å². The number of fused-ring (bicyclic) bond motifs is 1. The number of halogens is 3. The van der Waals surface area contributed by atoms with Crippen molar-refractivity contribution in [2.75, 3.05) is 20.1 Å². The molecule has 4 unspecified atom stereocenters. The zero-order valence-electron chi connectivity index (χ0n) is 22.5. The van der Waals surface area contributed by atoms with Crippen molar-refractivity contribution in [1.29, 1.82) is 0 Å². The average Bonchev–Trinajstić information content (AvgIpc) is 3.74. The maximum Gasteiger partial charge on any atom is 0.416 e. The lowest BCUT2D eigenvalue weighted by atomic mass is 9.64. The SMILES string of the molecule is CN(C(=O)C#Cc1cccc(C(F)(F)F)c1)C1CCC2(O)C(CCN(CC3CC3)C2Cc2ccc(O)c(O)c2)C1. The Morgan fingerprint density at radius 1 is 1.10 bits per heavy atom. The molecule has 0 bridgehead atoms. The van der Waals surface area contributed by atoms with Crippen molar-refractivity contribution in [3.8, 4) is 23.3 Å². The van der Waals surface area contributed by atoms with Gasteiger partial charge in [0.25, 0.3) is 5.91 Å². The molecule has 1 amide bonds. The summed E-state index contributed by atoms with van der Waals surface area (Å²) in [5.41, 5.74) is -0.808. The Labute approximate surface area is 232 Å². The van der Waals surface area contributed by atoms with Gasteiger partial charge < -0.3 is 20.2 Å². The molecule has 3 fully saturated rings. The summed E-state index contributed by atoms with van der Waals surface area (Å²) in [5, 5.41) is 31.9. The molecule has 0 aromatic heterocycles. The Balaban J connectivity index is 1.29. The number of phenols is 2. The van der Waals surface area contributed by atoms with Crippen molar-refractivity contribution in [2.24, 2.45) is 11.8 Å². The van der Waals surface area contributed by atoms with Gasteiger partial charge in [0.1, 0.15) is 0 Å². The summed E-state index contributed by atoms with van der Waals surface area (Å²) in [6, 6.07) is 9.13. The van der Waals surface area contributed by atoms with E-state index < -0.39 is 23.2 Å². The van der Waals surface area contributed by atoms with E-state index >= 15 is 0 Å². The van der Waals surface area contributed by atoms with E-state index in [1.54, 1.807) is 24.1 Å². The predicted molar refractivity (Wildman–Crippen MR) is 143 cm³/mol. The zero-order chi connectivity index (χ0) is 28.7. The number of aliphatic hydroxyl groups is 1. The highest BCUT2D eigenvalue weighted by atomic mass is 19.4. The van der Waals surface area contributed by atoms with Crippen LogP contribution in [-0.2, 0) is 17.4 Å². The molecule has 0 radical (unpaired) electrons. The van der Waals surface area contributed by atoms with E-state index in [4.69, 9.17) is 0 Å². The van der Waals surface area contributed by atoms with Gasteiger partial charge in [0.2, 0.25) is 0 Å². The lowest BCUT2D eigenvalue weighted by Crippen LogP contribution is -2.65. The van der Waals surface area contributed by atoms with Crippen LogP contribution in [0.4, 0.5) is 13.2 Å². The van der Waals surface area contributed by atoms with Gasteiger partial charge in [-0.15, -0.1) is 0 Å². The highest BCUT2D eigenvalue weighted by molar-refractivity contribution is 5.94. The summed E-state index contributed by atoms with van der Waals surface area (Å²) in [7, 11) is 1.66. The maximum absolute atomic E-state index is 13.0. The second kappa shape index (κ2) is 11.0. The van der Waals surface area contributed by atoms with Crippen LogP contribution in [0.15, 0.2) is 42.5 Å². The average molecular weight is 557 g/mol. The van der Waals surface area contributed by atoms with Crippen LogP contribution < -0.4 is 0 Å². The molecule has 6 nitrogen and oxygen atoms in total. The van der Waals surface area contributed by atoms with E-state index in [0.29, 0.717) is 31.6 Å². The van der Waals surface area contributed by atoms with E-state index in [0.717, 1.165) is 37.2 Å². The zero-order valence-corrected chi connectivity index (χ0v) is 22.5. The second-order valence-corrected chi connectivity index (χ2v) is 11.6. The van der Waals surface area contributed by atoms with E-state index in [-0.39, 0.29) is 35.1 Å². The normalized spacial score (nSPS) is 26.9. The Morgan fingerprint density at radius 2 is 1.88 bits per heavy atom. The molecule has 4 atom stereocenters. The molecule has 2 aliphatic carbocycles. The van der Waals surface area contributed by atoms with E-state index in [9.17, 15) is 33.3 Å². The molecule has 214 valence electrons. The Kier molecular flexibility index (Phi) is 7.77. The van der Waals surface area contributed by atoms with Crippen LogP contribution in [0, 0.1) is 23.7 Å². The lowest BCUT2D eigenvalue weighted by molar-refractivity contribution is -0.155. The van der Waals surface area contributed by atoms with Gasteiger partial charge in [-0.3, -0.25) is 9.69 Å². The number of phenolic OH excluding ortho intramolecular Hbond substituents is 2. The number of aromatic hydroxyl groups is 2. The fourth-order valence-electron chi connectivity index (χ4n) is 6.43. The van der Waals surface area contributed by atoms with Crippen LogP contribution in [0.3, 0.4) is 0 Å². The number of hydrogen-bond acceptors (Lipinski definition) is 5. The first kappa shape index (κ1) is 28.3. The third-order valence-corrected chi connectivity index (χ3v) is 8.95. The summed E-state index contributed by atoms with van der Waals surface area (Å²) in [6.45, 7) is 1.76. The highest BCUT2D eigenvalue weighted by Crippen LogP contribution is 2.47. The van der Waals surface area contributed by atoms with Crippen LogP contribution in [0.5, 0.6) is 11.5 Å². The summed E-state index contributed by atoms with van der Waals surface area (Å²) in [5.74, 6) is 4.86. The lowest BCUT2D eigenvalue weighted by Gasteiger charge is -2.56. The van der Waals surface area contributed by atoms with Crippen LogP contribution in [0.2, 0.25) is 0 Å². The number of rotatable bonds is 5. The van der Waals surface area contributed by atoms with Gasteiger partial charge in [0, 0.05) is 37.2 Å². The van der Waals surface area contributed by atoms with Gasteiger partial charge in [0.15, 0.2) is 11.5 Å². The Hall–Kier alpha value is -3.22. The number of alkyl halides is 3. The fraction of sp³-hybridized carbons (Fsp3) is 0.516. The molecule has 3 aliphatic rings. The minimum absolute atomic E-state index is 0.0379. The number of benzene rings is 2. The molecule has 0 spiro atoms. The molecule has 1 saturated heterocycles. The first-order valence-electron chi connectivity index (χ1n) is 13.9.